The molecule has 5 heteroatoms. The van der Waals surface area contributed by atoms with Crippen LogP contribution in [0, 0.1) is 0 Å². The number of hydrogen-bond acceptors (Lipinski definition) is 2. The fourth-order valence-corrected chi connectivity index (χ4v) is 1.97. The Bertz CT molecular complexity index is 504. The highest BCUT2D eigenvalue weighted by molar-refractivity contribution is 6.29. The Morgan fingerprint density at radius 2 is 2.00 bits per heavy atom. The topological polar surface area (TPSA) is 35.6 Å². The van der Waals surface area contributed by atoms with Gasteiger partial charge in [0.05, 0.1) is 11.2 Å². The van der Waals surface area contributed by atoms with Crippen LogP contribution in [0.25, 0.3) is 11.4 Å². The van der Waals surface area contributed by atoms with Gasteiger partial charge < -0.3 is 0 Å². The van der Waals surface area contributed by atoms with Crippen LogP contribution in [-0.4, -0.2) is 19.6 Å². The van der Waals surface area contributed by atoms with Gasteiger partial charge in [-0.2, -0.15) is 10.2 Å². The van der Waals surface area contributed by atoms with Crippen molar-refractivity contribution < 1.29 is 0 Å². The van der Waals surface area contributed by atoms with Gasteiger partial charge in [0.25, 0.3) is 0 Å². The Morgan fingerprint density at radius 3 is 2.44 bits per heavy atom. The van der Waals surface area contributed by atoms with E-state index in [1.165, 1.54) is 0 Å². The van der Waals surface area contributed by atoms with Gasteiger partial charge in [-0.1, -0.05) is 11.6 Å². The van der Waals surface area contributed by atoms with E-state index in [1.807, 2.05) is 23.9 Å². The first kappa shape index (κ1) is 11.2. The molecule has 0 aliphatic carbocycles. The van der Waals surface area contributed by atoms with E-state index < -0.39 is 0 Å². The molecule has 0 N–H and O–H groups in total. The van der Waals surface area contributed by atoms with Crippen LogP contribution < -0.4 is 0 Å². The molecule has 0 unspecified atom stereocenters. The summed E-state index contributed by atoms with van der Waals surface area (Å²) in [6.45, 7) is 6.21. The van der Waals surface area contributed by atoms with Gasteiger partial charge in [-0.3, -0.25) is 4.68 Å². The van der Waals surface area contributed by atoms with Gasteiger partial charge >= 0.3 is 0 Å². The number of nitrogens with zero attached hydrogens (tertiary/aromatic N) is 4. The lowest BCUT2D eigenvalue weighted by Gasteiger charge is -2.20. The van der Waals surface area contributed by atoms with Crippen molar-refractivity contribution in [1.82, 2.24) is 19.6 Å². The van der Waals surface area contributed by atoms with Crippen LogP contribution in [0.4, 0.5) is 0 Å². The number of hydrogen-bond donors (Lipinski definition) is 0. The maximum Gasteiger partial charge on any atom is 0.128 e. The van der Waals surface area contributed by atoms with Gasteiger partial charge in [-0.25, -0.2) is 4.68 Å². The zero-order valence-electron chi connectivity index (χ0n) is 9.90. The molecule has 0 amide bonds. The average molecular weight is 239 g/mol. The molecule has 2 aromatic rings. The van der Waals surface area contributed by atoms with Crippen molar-refractivity contribution in [2.24, 2.45) is 7.05 Å². The van der Waals surface area contributed by atoms with Crippen molar-refractivity contribution in [3.05, 3.63) is 23.5 Å². The molecular weight excluding hydrogens is 224 g/mol. The number of aromatic nitrogens is 4. The molecule has 0 saturated carbocycles. The molecule has 4 nitrogen and oxygen atoms in total. The van der Waals surface area contributed by atoms with Crippen molar-refractivity contribution in [3.8, 4) is 11.4 Å². The molecule has 0 aliphatic rings. The summed E-state index contributed by atoms with van der Waals surface area (Å²) < 4.78 is 3.60. The quantitative estimate of drug-likeness (QED) is 0.766. The monoisotopic (exact) mass is 238 g/mol. The van der Waals surface area contributed by atoms with E-state index in [-0.39, 0.29) is 5.54 Å². The van der Waals surface area contributed by atoms with Crippen LogP contribution in [0.3, 0.4) is 0 Å². The summed E-state index contributed by atoms with van der Waals surface area (Å²) in [5.74, 6) is 0. The Balaban J connectivity index is 2.51. The first-order chi connectivity index (χ1) is 7.39. The van der Waals surface area contributed by atoms with Crippen LogP contribution in [0.2, 0.25) is 5.15 Å². The summed E-state index contributed by atoms with van der Waals surface area (Å²) in [6.07, 6.45) is 1.75. The van der Waals surface area contributed by atoms with Gasteiger partial charge in [0, 0.05) is 19.3 Å². The summed E-state index contributed by atoms with van der Waals surface area (Å²) >= 11 is 6.17. The Hall–Kier alpha value is -1.29. The van der Waals surface area contributed by atoms with E-state index in [2.05, 4.69) is 31.0 Å². The maximum absolute atomic E-state index is 6.17. The van der Waals surface area contributed by atoms with Crippen molar-refractivity contribution in [2.75, 3.05) is 0 Å². The highest BCUT2D eigenvalue weighted by Crippen LogP contribution is 2.26. The van der Waals surface area contributed by atoms with Crippen molar-refractivity contribution >= 4 is 11.6 Å². The smallest absolute Gasteiger partial charge is 0.128 e. The highest BCUT2D eigenvalue weighted by atomic mass is 35.5. The van der Waals surface area contributed by atoms with Crippen LogP contribution in [0.15, 0.2) is 18.3 Å². The second-order valence-electron chi connectivity index (χ2n) is 4.77. The Morgan fingerprint density at radius 1 is 1.31 bits per heavy atom. The molecule has 16 heavy (non-hydrogen) atoms. The average Bonchev–Trinajstić information content (AvgIpc) is 2.70. The largest absolute Gasteiger partial charge is 0.266 e. The molecule has 2 aromatic heterocycles. The summed E-state index contributed by atoms with van der Waals surface area (Å²) in [4.78, 5) is 0. The fraction of sp³-hybridized carbons (Fsp3) is 0.455. The molecule has 0 bridgehead atoms. The van der Waals surface area contributed by atoms with E-state index in [0.29, 0.717) is 5.15 Å². The first-order valence-electron chi connectivity index (χ1n) is 5.14. The molecule has 0 aliphatic heterocycles. The molecule has 2 heterocycles. The third-order valence-corrected chi connectivity index (χ3v) is 2.65. The third-order valence-electron chi connectivity index (χ3n) is 2.38. The number of rotatable bonds is 1. The predicted octanol–water partition coefficient (Wildman–Crippen LogP) is 2.69. The lowest BCUT2D eigenvalue weighted by molar-refractivity contribution is 0.357. The van der Waals surface area contributed by atoms with Gasteiger partial charge in [0.2, 0.25) is 0 Å². The highest BCUT2D eigenvalue weighted by Gasteiger charge is 2.19. The normalized spacial score (nSPS) is 12.1. The molecule has 0 spiro atoms. The number of aryl methyl sites for hydroxylation is 1. The predicted molar refractivity (Wildman–Crippen MR) is 64.4 cm³/mol. The molecule has 0 aromatic carbocycles. The van der Waals surface area contributed by atoms with Gasteiger partial charge in [-0.15, -0.1) is 0 Å². The van der Waals surface area contributed by atoms with E-state index in [0.717, 1.165) is 11.4 Å². The minimum Gasteiger partial charge on any atom is -0.266 e. The van der Waals surface area contributed by atoms with Crippen molar-refractivity contribution in [3.63, 3.8) is 0 Å². The summed E-state index contributed by atoms with van der Waals surface area (Å²) in [6, 6.07) is 3.79. The molecule has 0 fully saturated rings. The van der Waals surface area contributed by atoms with Gasteiger partial charge in [-0.05, 0) is 26.8 Å². The molecule has 86 valence electrons. The second kappa shape index (κ2) is 3.63. The summed E-state index contributed by atoms with van der Waals surface area (Å²) in [5, 5.41) is 9.27. The molecular formula is C11H15ClN4. The van der Waals surface area contributed by atoms with Gasteiger partial charge in [0.15, 0.2) is 0 Å². The van der Waals surface area contributed by atoms with E-state index in [9.17, 15) is 0 Å². The minimum absolute atomic E-state index is 0.117. The van der Waals surface area contributed by atoms with Crippen LogP contribution in [0.5, 0.6) is 0 Å². The van der Waals surface area contributed by atoms with Crippen LogP contribution in [-0.2, 0) is 12.6 Å². The van der Waals surface area contributed by atoms with Gasteiger partial charge in [0.1, 0.15) is 10.8 Å². The lowest BCUT2D eigenvalue weighted by Crippen LogP contribution is -2.23. The Labute approximate surface area is 99.8 Å². The van der Waals surface area contributed by atoms with Crippen LogP contribution in [0.1, 0.15) is 20.8 Å². The van der Waals surface area contributed by atoms with E-state index in [1.54, 1.807) is 10.9 Å². The zero-order chi connectivity index (χ0) is 11.9. The Kier molecular flexibility index (Phi) is 2.54. The van der Waals surface area contributed by atoms with Crippen LogP contribution >= 0.6 is 11.6 Å². The molecule has 0 saturated heterocycles. The number of halogens is 1. The van der Waals surface area contributed by atoms with Crippen molar-refractivity contribution in [1.29, 1.82) is 0 Å². The molecule has 0 atom stereocenters. The lowest BCUT2D eigenvalue weighted by atomic mass is 10.1. The molecule has 0 radical (unpaired) electrons. The first-order valence-corrected chi connectivity index (χ1v) is 5.52. The third kappa shape index (κ3) is 1.85. The summed E-state index contributed by atoms with van der Waals surface area (Å²) in [7, 11) is 1.89. The van der Waals surface area contributed by atoms with E-state index in [4.69, 9.17) is 11.6 Å². The summed E-state index contributed by atoms with van der Waals surface area (Å²) in [5.41, 5.74) is 1.69. The minimum atomic E-state index is -0.117. The molecule has 2 rings (SSSR count). The maximum atomic E-state index is 6.17. The standard InChI is InChI=1S/C11H15ClN4/c1-11(2,3)16-10(12)7-8(14-16)9-5-6-13-15(9)4/h5-7H,1-4H3. The SMILES string of the molecule is Cn1nccc1-c1cc(Cl)n(C(C)(C)C)n1. The second-order valence-corrected chi connectivity index (χ2v) is 5.16. The van der Waals surface area contributed by atoms with Crippen molar-refractivity contribution in [2.45, 2.75) is 26.3 Å². The fourth-order valence-electron chi connectivity index (χ4n) is 1.58. The zero-order valence-corrected chi connectivity index (χ0v) is 10.7. The van der Waals surface area contributed by atoms with E-state index >= 15 is 0 Å².